The molecule has 0 spiro atoms. The van der Waals surface area contributed by atoms with Gasteiger partial charge in [-0.15, -0.1) is 0 Å². The average molecular weight is 426 g/mol. The molecular weight excluding hydrogens is 404 g/mol. The van der Waals surface area contributed by atoms with E-state index in [4.69, 9.17) is 19.3 Å². The van der Waals surface area contributed by atoms with Crippen molar-refractivity contribution in [3.63, 3.8) is 0 Å². The summed E-state index contributed by atoms with van der Waals surface area (Å²) in [5, 5.41) is 14.0. The van der Waals surface area contributed by atoms with Crippen molar-refractivity contribution < 1.29 is 33.7 Å². The Morgan fingerprint density at radius 1 is 0.968 bits per heavy atom. The largest absolute Gasteiger partial charge is 0.478 e. The lowest BCUT2D eigenvalue weighted by Crippen LogP contribution is -2.72. The van der Waals surface area contributed by atoms with Crippen LogP contribution in [-0.4, -0.2) is 41.6 Å². The number of carbonyl (C=O) groups excluding carboxylic acids is 2. The molecule has 0 saturated carbocycles. The Morgan fingerprint density at radius 2 is 1.52 bits per heavy atom. The molecule has 3 N–H and O–H groups in total. The first-order chi connectivity index (χ1) is 15.0. The second kappa shape index (κ2) is 10.3. The average Bonchev–Trinajstić information content (AvgIpc) is 2.78. The second-order valence-corrected chi connectivity index (χ2v) is 6.80. The Kier molecular flexibility index (Phi) is 7.23. The van der Waals surface area contributed by atoms with E-state index in [1.807, 2.05) is 36.4 Å². The number of benzene rings is 2. The molecule has 1 heterocycles. The number of ether oxygens (including phenoxy) is 3. The quantitative estimate of drug-likeness (QED) is 0.554. The van der Waals surface area contributed by atoms with Gasteiger partial charge < -0.3 is 24.6 Å². The molecule has 9 nitrogen and oxygen atoms in total. The van der Waals surface area contributed by atoms with Gasteiger partial charge in [-0.3, -0.25) is 5.32 Å². The normalized spacial score (nSPS) is 19.8. The van der Waals surface area contributed by atoms with Crippen molar-refractivity contribution in [1.29, 1.82) is 0 Å². The fourth-order valence-corrected chi connectivity index (χ4v) is 2.84. The summed E-state index contributed by atoms with van der Waals surface area (Å²) >= 11 is 0. The Balaban J connectivity index is 1.58. The zero-order valence-electron chi connectivity index (χ0n) is 16.5. The fourth-order valence-electron chi connectivity index (χ4n) is 2.84. The van der Waals surface area contributed by atoms with E-state index in [0.717, 1.165) is 17.2 Å². The van der Waals surface area contributed by atoms with Gasteiger partial charge in [0.1, 0.15) is 18.8 Å². The van der Waals surface area contributed by atoms with Crippen LogP contribution in [0.25, 0.3) is 0 Å². The van der Waals surface area contributed by atoms with E-state index in [0.29, 0.717) is 0 Å². The fraction of sp³-hybridized carbons (Fsp3) is 0.227. The molecule has 2 unspecified atom stereocenters. The lowest BCUT2D eigenvalue weighted by Gasteiger charge is -2.46. The zero-order valence-corrected chi connectivity index (χ0v) is 16.5. The van der Waals surface area contributed by atoms with Crippen LogP contribution in [0.2, 0.25) is 0 Å². The van der Waals surface area contributed by atoms with E-state index in [2.05, 4.69) is 10.6 Å². The minimum absolute atomic E-state index is 0.0312. The summed E-state index contributed by atoms with van der Waals surface area (Å²) in [5.41, 5.74) is 0.293. The summed E-state index contributed by atoms with van der Waals surface area (Å²) in [5.74, 6) is -1.21. The number of carboxylic acid groups (broad SMARTS) is 1. The van der Waals surface area contributed by atoms with E-state index in [-0.39, 0.29) is 19.8 Å². The Labute approximate surface area is 178 Å². The van der Waals surface area contributed by atoms with Gasteiger partial charge in [0.15, 0.2) is 6.23 Å². The maximum Gasteiger partial charge on any atom is 0.409 e. The molecule has 2 aromatic carbocycles. The van der Waals surface area contributed by atoms with Crippen LogP contribution in [0.5, 0.6) is 0 Å². The van der Waals surface area contributed by atoms with Gasteiger partial charge in [0.25, 0.3) is 0 Å². The highest BCUT2D eigenvalue weighted by Crippen LogP contribution is 2.26. The lowest BCUT2D eigenvalue weighted by atomic mass is 9.92. The highest BCUT2D eigenvalue weighted by atomic mass is 16.6. The maximum atomic E-state index is 12.3. The summed E-state index contributed by atoms with van der Waals surface area (Å²) in [7, 11) is 0. The number of alkyl carbamates (subject to hydrolysis) is 2. The molecule has 1 aliphatic rings. The zero-order chi connectivity index (χ0) is 22.1. The van der Waals surface area contributed by atoms with Crippen LogP contribution in [0.4, 0.5) is 9.59 Å². The first-order valence-electron chi connectivity index (χ1n) is 9.47. The molecule has 9 heteroatoms. The summed E-state index contributed by atoms with van der Waals surface area (Å²) in [4.78, 5) is 35.4. The molecule has 1 saturated heterocycles. The van der Waals surface area contributed by atoms with Crippen molar-refractivity contribution in [2.75, 3.05) is 6.61 Å². The topological polar surface area (TPSA) is 123 Å². The highest BCUT2D eigenvalue weighted by Gasteiger charge is 2.49. The predicted octanol–water partition coefficient (Wildman–Crippen LogP) is 2.58. The van der Waals surface area contributed by atoms with Gasteiger partial charge in [-0.25, -0.2) is 14.4 Å². The van der Waals surface area contributed by atoms with E-state index < -0.39 is 29.9 Å². The summed E-state index contributed by atoms with van der Waals surface area (Å²) in [6.45, 7) is 0.0220. The van der Waals surface area contributed by atoms with Crippen LogP contribution in [0.1, 0.15) is 11.1 Å². The molecule has 0 aliphatic carbocycles. The van der Waals surface area contributed by atoms with Crippen molar-refractivity contribution in [3.8, 4) is 0 Å². The van der Waals surface area contributed by atoms with Gasteiger partial charge in [0.05, 0.1) is 6.61 Å². The number of carboxylic acids is 1. The molecule has 1 fully saturated rings. The third kappa shape index (κ3) is 6.31. The molecule has 162 valence electrons. The Hall–Kier alpha value is -3.85. The number of carbonyl (C=O) groups is 3. The van der Waals surface area contributed by atoms with Crippen molar-refractivity contribution in [2.24, 2.45) is 0 Å². The van der Waals surface area contributed by atoms with Crippen LogP contribution in [0.15, 0.2) is 72.8 Å². The molecule has 2 aromatic rings. The lowest BCUT2D eigenvalue weighted by molar-refractivity contribution is -0.138. The third-order valence-corrected chi connectivity index (χ3v) is 4.49. The SMILES string of the molecule is O=C(O)/C=C\C1(NC(=O)OCc2ccccc2)COC1NC(=O)OCc1ccccc1. The summed E-state index contributed by atoms with van der Waals surface area (Å²) in [6, 6.07) is 18.2. The number of amides is 2. The van der Waals surface area contributed by atoms with Crippen LogP contribution in [0.3, 0.4) is 0 Å². The first kappa shape index (κ1) is 21.8. The highest BCUT2D eigenvalue weighted by molar-refractivity contribution is 5.80. The number of nitrogens with one attached hydrogen (secondary N) is 2. The smallest absolute Gasteiger partial charge is 0.409 e. The van der Waals surface area contributed by atoms with Crippen LogP contribution >= 0.6 is 0 Å². The molecule has 0 bridgehead atoms. The molecule has 31 heavy (non-hydrogen) atoms. The van der Waals surface area contributed by atoms with E-state index >= 15 is 0 Å². The van der Waals surface area contributed by atoms with Gasteiger partial charge in [-0.05, 0) is 17.2 Å². The van der Waals surface area contributed by atoms with Crippen molar-refractivity contribution >= 4 is 18.2 Å². The van der Waals surface area contributed by atoms with Crippen LogP contribution in [-0.2, 0) is 32.2 Å². The van der Waals surface area contributed by atoms with Gasteiger partial charge in [0.2, 0.25) is 0 Å². The number of aliphatic carboxylic acids is 1. The van der Waals surface area contributed by atoms with Crippen molar-refractivity contribution in [2.45, 2.75) is 25.0 Å². The molecule has 0 radical (unpaired) electrons. The molecule has 2 amide bonds. The van der Waals surface area contributed by atoms with Gasteiger partial charge in [0, 0.05) is 6.08 Å². The monoisotopic (exact) mass is 426 g/mol. The molecule has 1 aliphatic heterocycles. The third-order valence-electron chi connectivity index (χ3n) is 4.49. The first-order valence-corrected chi connectivity index (χ1v) is 9.47. The minimum Gasteiger partial charge on any atom is -0.478 e. The Bertz CT molecular complexity index is 933. The minimum atomic E-state index is -1.29. The van der Waals surface area contributed by atoms with Crippen LogP contribution in [0, 0.1) is 0 Å². The van der Waals surface area contributed by atoms with Gasteiger partial charge in [-0.2, -0.15) is 0 Å². The van der Waals surface area contributed by atoms with Crippen molar-refractivity contribution in [1.82, 2.24) is 10.6 Å². The van der Waals surface area contributed by atoms with E-state index in [1.54, 1.807) is 24.3 Å². The summed E-state index contributed by atoms with van der Waals surface area (Å²) < 4.78 is 15.7. The number of hydrogen-bond acceptors (Lipinski definition) is 6. The summed E-state index contributed by atoms with van der Waals surface area (Å²) in [6.07, 6.45) is -0.488. The maximum absolute atomic E-state index is 12.3. The Morgan fingerprint density at radius 3 is 2.00 bits per heavy atom. The molecule has 0 aromatic heterocycles. The molecular formula is C22H22N2O7. The standard InChI is InChI=1S/C22H22N2O7/c25-18(26)11-12-22(24-21(28)30-14-17-9-5-2-6-10-17)15-31-19(22)23-20(27)29-13-16-7-3-1-4-8-16/h1-12,19H,13-15H2,(H,23,27)(H,24,28)(H,25,26)/b12-11-. The van der Waals surface area contributed by atoms with Gasteiger partial charge >= 0.3 is 18.2 Å². The molecule has 3 rings (SSSR count). The van der Waals surface area contributed by atoms with Crippen molar-refractivity contribution in [3.05, 3.63) is 83.9 Å². The number of rotatable bonds is 8. The molecule has 2 atom stereocenters. The number of hydrogen-bond donors (Lipinski definition) is 3. The van der Waals surface area contributed by atoms with E-state index in [9.17, 15) is 14.4 Å². The second-order valence-electron chi connectivity index (χ2n) is 6.80. The van der Waals surface area contributed by atoms with Gasteiger partial charge in [-0.1, -0.05) is 60.7 Å². The van der Waals surface area contributed by atoms with Crippen LogP contribution < -0.4 is 10.6 Å². The predicted molar refractivity (Wildman–Crippen MR) is 109 cm³/mol. The van der Waals surface area contributed by atoms with E-state index in [1.165, 1.54) is 6.08 Å².